The molecule has 0 atom stereocenters. The van der Waals surface area contributed by atoms with Crippen LogP contribution >= 0.6 is 0 Å². The molecule has 0 unspecified atom stereocenters. The van der Waals surface area contributed by atoms with Crippen LogP contribution in [-0.2, 0) is 0 Å². The molecule has 7 heteroatoms. The molecule has 7 nitrogen and oxygen atoms in total. The van der Waals surface area contributed by atoms with Gasteiger partial charge in [0.2, 0.25) is 5.91 Å². The van der Waals surface area contributed by atoms with Crippen molar-refractivity contribution in [1.82, 2.24) is 5.32 Å². The first-order chi connectivity index (χ1) is 10.0. The van der Waals surface area contributed by atoms with Crippen LogP contribution in [0.1, 0.15) is 36.0 Å². The predicted molar refractivity (Wildman–Crippen MR) is 80.3 cm³/mol. The van der Waals surface area contributed by atoms with Gasteiger partial charge in [-0.15, -0.1) is 0 Å². The largest absolute Gasteiger partial charge is 0.377 e. The van der Waals surface area contributed by atoms with E-state index in [9.17, 15) is 14.9 Å². The third kappa shape index (κ3) is 3.69. The Labute approximate surface area is 123 Å². The minimum Gasteiger partial charge on any atom is -0.377 e. The Bertz CT molecular complexity index is 539. The lowest BCUT2D eigenvalue weighted by atomic mass is 9.91. The number of nitrogens with zero attached hydrogens (tertiary/aromatic N) is 1. The van der Waals surface area contributed by atoms with Gasteiger partial charge >= 0.3 is 0 Å². The molecule has 1 amide bonds. The molecular formula is C14H20N4O3. The normalized spacial score (nSPS) is 21.8. The highest BCUT2D eigenvalue weighted by molar-refractivity contribution is 5.94. The third-order valence-electron chi connectivity index (χ3n) is 3.97. The molecule has 0 aliphatic heterocycles. The molecule has 0 radical (unpaired) electrons. The SMILES string of the molecule is CNC1CCC(Nc2cc(C(N)=O)ccc2[N+](=O)[O-])CC1. The molecule has 4 N–H and O–H groups in total. The van der Waals surface area contributed by atoms with E-state index in [1.807, 2.05) is 7.05 Å². The van der Waals surface area contributed by atoms with Crippen molar-refractivity contribution in [3.8, 4) is 0 Å². The van der Waals surface area contributed by atoms with Crippen LogP contribution in [0.2, 0.25) is 0 Å². The monoisotopic (exact) mass is 292 g/mol. The van der Waals surface area contributed by atoms with E-state index in [4.69, 9.17) is 5.73 Å². The fraction of sp³-hybridized carbons (Fsp3) is 0.500. The molecule has 0 aromatic heterocycles. The van der Waals surface area contributed by atoms with Crippen LogP contribution in [0.15, 0.2) is 18.2 Å². The number of nitro groups is 1. The van der Waals surface area contributed by atoms with Crippen molar-refractivity contribution in [2.45, 2.75) is 37.8 Å². The van der Waals surface area contributed by atoms with E-state index in [0.717, 1.165) is 25.7 Å². The molecule has 1 aliphatic rings. The summed E-state index contributed by atoms with van der Waals surface area (Å²) in [6.07, 6.45) is 3.92. The topological polar surface area (TPSA) is 110 Å². The second kappa shape index (κ2) is 6.53. The van der Waals surface area contributed by atoms with Crippen molar-refractivity contribution < 1.29 is 9.72 Å². The summed E-state index contributed by atoms with van der Waals surface area (Å²) in [7, 11) is 1.94. The lowest BCUT2D eigenvalue weighted by molar-refractivity contribution is -0.384. The van der Waals surface area contributed by atoms with Gasteiger partial charge in [-0.05, 0) is 44.9 Å². The van der Waals surface area contributed by atoms with E-state index < -0.39 is 10.8 Å². The summed E-state index contributed by atoms with van der Waals surface area (Å²) in [6, 6.07) is 4.85. The summed E-state index contributed by atoms with van der Waals surface area (Å²) >= 11 is 0. The number of nitrogens with two attached hydrogens (primary N) is 1. The highest BCUT2D eigenvalue weighted by Gasteiger charge is 2.23. The smallest absolute Gasteiger partial charge is 0.292 e. The maximum atomic E-state index is 11.2. The van der Waals surface area contributed by atoms with E-state index in [0.29, 0.717) is 11.7 Å². The molecular weight excluding hydrogens is 272 g/mol. The first-order valence-electron chi connectivity index (χ1n) is 7.03. The van der Waals surface area contributed by atoms with Gasteiger partial charge in [0.05, 0.1) is 4.92 Å². The number of primary amides is 1. The average Bonchev–Trinajstić information content (AvgIpc) is 2.47. The van der Waals surface area contributed by atoms with Crippen molar-refractivity contribution >= 4 is 17.3 Å². The Morgan fingerprint density at radius 2 is 1.90 bits per heavy atom. The van der Waals surface area contributed by atoms with Crippen LogP contribution in [0.3, 0.4) is 0 Å². The Morgan fingerprint density at radius 3 is 2.43 bits per heavy atom. The number of anilines is 1. The highest BCUT2D eigenvalue weighted by Crippen LogP contribution is 2.29. The molecule has 1 aromatic rings. The molecule has 1 fully saturated rings. The number of rotatable bonds is 5. The Hall–Kier alpha value is -2.15. The number of benzene rings is 1. The predicted octanol–water partition coefficient (Wildman–Crippen LogP) is 1.64. The molecule has 21 heavy (non-hydrogen) atoms. The number of hydrogen-bond acceptors (Lipinski definition) is 5. The van der Waals surface area contributed by atoms with Crippen molar-refractivity contribution in [3.63, 3.8) is 0 Å². The van der Waals surface area contributed by atoms with E-state index in [1.54, 1.807) is 0 Å². The van der Waals surface area contributed by atoms with E-state index in [2.05, 4.69) is 10.6 Å². The zero-order valence-corrected chi connectivity index (χ0v) is 12.0. The summed E-state index contributed by atoms with van der Waals surface area (Å²) in [4.78, 5) is 21.9. The van der Waals surface area contributed by atoms with Gasteiger partial charge in [-0.1, -0.05) is 0 Å². The zero-order chi connectivity index (χ0) is 15.4. The lowest BCUT2D eigenvalue weighted by Crippen LogP contribution is -2.35. The fourth-order valence-electron chi connectivity index (χ4n) is 2.71. The minimum atomic E-state index is -0.591. The Balaban J connectivity index is 2.15. The molecule has 0 spiro atoms. The summed E-state index contributed by atoms with van der Waals surface area (Å²) < 4.78 is 0. The van der Waals surface area contributed by atoms with Gasteiger partial charge in [0.1, 0.15) is 5.69 Å². The molecule has 1 aliphatic carbocycles. The average molecular weight is 292 g/mol. The van der Waals surface area contributed by atoms with Crippen molar-refractivity contribution in [2.24, 2.45) is 5.73 Å². The highest BCUT2D eigenvalue weighted by atomic mass is 16.6. The standard InChI is InChI=1S/C14H20N4O3/c1-16-10-3-5-11(6-4-10)17-12-8-9(14(15)19)2-7-13(12)18(20)21/h2,7-8,10-11,16-17H,3-6H2,1H3,(H2,15,19). The number of hydrogen-bond donors (Lipinski definition) is 3. The van der Waals surface area contributed by atoms with Crippen LogP contribution in [0.25, 0.3) is 0 Å². The fourth-order valence-corrected chi connectivity index (χ4v) is 2.71. The molecule has 114 valence electrons. The molecule has 0 bridgehead atoms. The van der Waals surface area contributed by atoms with Gasteiger partial charge in [0, 0.05) is 23.7 Å². The van der Waals surface area contributed by atoms with Crippen molar-refractivity contribution in [1.29, 1.82) is 0 Å². The first kappa shape index (κ1) is 15.2. The molecule has 0 saturated heterocycles. The minimum absolute atomic E-state index is 0.0317. The van der Waals surface area contributed by atoms with Gasteiger partial charge in [0.15, 0.2) is 0 Å². The van der Waals surface area contributed by atoms with Crippen molar-refractivity contribution in [2.75, 3.05) is 12.4 Å². The number of nitro benzene ring substituents is 1. The number of carbonyl (C=O) groups excluding carboxylic acids is 1. The number of carbonyl (C=O) groups is 1. The number of amides is 1. The molecule has 1 saturated carbocycles. The maximum absolute atomic E-state index is 11.2. The lowest BCUT2D eigenvalue weighted by Gasteiger charge is -2.29. The summed E-state index contributed by atoms with van der Waals surface area (Å²) in [6.45, 7) is 0. The van der Waals surface area contributed by atoms with Crippen LogP contribution < -0.4 is 16.4 Å². The second-order valence-corrected chi connectivity index (χ2v) is 5.33. The van der Waals surface area contributed by atoms with Gasteiger partial charge in [-0.2, -0.15) is 0 Å². The van der Waals surface area contributed by atoms with Crippen LogP contribution in [-0.4, -0.2) is 30.0 Å². The van der Waals surface area contributed by atoms with Crippen LogP contribution in [0, 0.1) is 10.1 Å². The van der Waals surface area contributed by atoms with Gasteiger partial charge in [-0.3, -0.25) is 14.9 Å². The maximum Gasteiger partial charge on any atom is 0.292 e. The van der Waals surface area contributed by atoms with Crippen LogP contribution in [0.5, 0.6) is 0 Å². The summed E-state index contributed by atoms with van der Waals surface area (Å²) in [5, 5.41) is 17.5. The summed E-state index contributed by atoms with van der Waals surface area (Å²) in [5.41, 5.74) is 5.84. The molecule has 0 heterocycles. The number of nitrogens with one attached hydrogen (secondary N) is 2. The quantitative estimate of drug-likeness (QED) is 0.564. The zero-order valence-electron chi connectivity index (χ0n) is 12.0. The van der Waals surface area contributed by atoms with Gasteiger partial charge < -0.3 is 16.4 Å². The van der Waals surface area contributed by atoms with E-state index >= 15 is 0 Å². The van der Waals surface area contributed by atoms with E-state index in [1.165, 1.54) is 18.2 Å². The second-order valence-electron chi connectivity index (χ2n) is 5.33. The molecule has 2 rings (SSSR count). The van der Waals surface area contributed by atoms with Crippen LogP contribution in [0.4, 0.5) is 11.4 Å². The van der Waals surface area contributed by atoms with Gasteiger partial charge in [-0.25, -0.2) is 0 Å². The first-order valence-corrected chi connectivity index (χ1v) is 7.03. The Morgan fingerprint density at radius 1 is 1.29 bits per heavy atom. The summed E-state index contributed by atoms with van der Waals surface area (Å²) in [5.74, 6) is -0.591. The van der Waals surface area contributed by atoms with Gasteiger partial charge in [0.25, 0.3) is 5.69 Å². The Kier molecular flexibility index (Phi) is 4.74. The van der Waals surface area contributed by atoms with E-state index in [-0.39, 0.29) is 17.3 Å². The molecule has 1 aromatic carbocycles. The van der Waals surface area contributed by atoms with Crippen molar-refractivity contribution in [3.05, 3.63) is 33.9 Å². The third-order valence-corrected chi connectivity index (χ3v) is 3.97.